The van der Waals surface area contributed by atoms with Crippen molar-refractivity contribution < 1.29 is 9.59 Å². The van der Waals surface area contributed by atoms with Gasteiger partial charge in [0.25, 0.3) is 0 Å². The SMILES string of the molecule is O=C1CCCN1c1nc(CC(=O)N2CCCC3CCCCC32)cs1. The monoisotopic (exact) mass is 347 g/mol. The van der Waals surface area contributed by atoms with E-state index in [0.717, 1.165) is 36.8 Å². The molecule has 1 aromatic heterocycles. The normalized spacial score (nSPS) is 27.4. The zero-order valence-electron chi connectivity index (χ0n) is 14.1. The molecule has 2 saturated heterocycles. The van der Waals surface area contributed by atoms with Crippen LogP contribution in [0.25, 0.3) is 0 Å². The molecule has 2 aliphatic heterocycles. The van der Waals surface area contributed by atoms with Gasteiger partial charge >= 0.3 is 0 Å². The summed E-state index contributed by atoms with van der Waals surface area (Å²) in [4.78, 5) is 33.1. The van der Waals surface area contributed by atoms with Crippen LogP contribution in [0.1, 0.15) is 57.1 Å². The molecule has 3 heterocycles. The van der Waals surface area contributed by atoms with Crippen molar-refractivity contribution in [3.05, 3.63) is 11.1 Å². The minimum absolute atomic E-state index is 0.156. The number of fused-ring (bicyclic) bond motifs is 1. The van der Waals surface area contributed by atoms with Gasteiger partial charge in [-0.15, -0.1) is 11.3 Å². The van der Waals surface area contributed by atoms with Crippen LogP contribution in [0.3, 0.4) is 0 Å². The van der Waals surface area contributed by atoms with Crippen LogP contribution in [-0.4, -0.2) is 40.8 Å². The van der Waals surface area contributed by atoms with E-state index in [1.54, 1.807) is 4.90 Å². The predicted molar refractivity (Wildman–Crippen MR) is 94.1 cm³/mol. The highest BCUT2D eigenvalue weighted by molar-refractivity contribution is 7.14. The van der Waals surface area contributed by atoms with Gasteiger partial charge in [-0.1, -0.05) is 12.8 Å². The molecule has 24 heavy (non-hydrogen) atoms. The van der Waals surface area contributed by atoms with Crippen LogP contribution in [0.5, 0.6) is 0 Å². The Kier molecular flexibility index (Phi) is 4.57. The predicted octanol–water partition coefficient (Wildman–Crippen LogP) is 2.99. The molecular formula is C18H25N3O2S. The third kappa shape index (κ3) is 3.08. The Hall–Kier alpha value is -1.43. The zero-order chi connectivity index (χ0) is 16.5. The molecule has 130 valence electrons. The summed E-state index contributed by atoms with van der Waals surface area (Å²) >= 11 is 1.49. The molecule has 6 heteroatoms. The summed E-state index contributed by atoms with van der Waals surface area (Å²) in [5.74, 6) is 1.09. The topological polar surface area (TPSA) is 53.5 Å². The lowest BCUT2D eigenvalue weighted by Crippen LogP contribution is -2.50. The second kappa shape index (κ2) is 6.82. The maximum Gasteiger partial charge on any atom is 0.228 e. The van der Waals surface area contributed by atoms with Crippen molar-refractivity contribution in [1.29, 1.82) is 0 Å². The van der Waals surface area contributed by atoms with Gasteiger partial charge < -0.3 is 4.90 Å². The third-order valence-corrected chi connectivity index (χ3v) is 6.65. The number of amides is 2. The fraction of sp³-hybridized carbons (Fsp3) is 0.722. The fourth-order valence-electron chi connectivity index (χ4n) is 4.54. The molecular weight excluding hydrogens is 322 g/mol. The van der Waals surface area contributed by atoms with Crippen molar-refractivity contribution >= 4 is 28.3 Å². The second-order valence-electron chi connectivity index (χ2n) is 7.29. The van der Waals surface area contributed by atoms with E-state index in [1.807, 2.05) is 5.38 Å². The molecule has 3 fully saturated rings. The molecule has 3 aliphatic rings. The first kappa shape index (κ1) is 16.1. The fourth-order valence-corrected chi connectivity index (χ4v) is 5.41. The maximum atomic E-state index is 12.8. The lowest BCUT2D eigenvalue weighted by Gasteiger charge is -2.44. The minimum atomic E-state index is 0.156. The van der Waals surface area contributed by atoms with E-state index >= 15 is 0 Å². The number of hydrogen-bond acceptors (Lipinski definition) is 4. The Bertz CT molecular complexity index is 628. The Morgan fingerprint density at radius 1 is 1.17 bits per heavy atom. The van der Waals surface area contributed by atoms with Crippen LogP contribution in [0.2, 0.25) is 0 Å². The number of piperidine rings is 1. The van der Waals surface area contributed by atoms with Gasteiger partial charge in [0.1, 0.15) is 0 Å². The van der Waals surface area contributed by atoms with E-state index in [1.165, 1.54) is 43.4 Å². The molecule has 1 aromatic rings. The molecule has 2 atom stereocenters. The van der Waals surface area contributed by atoms with Crippen molar-refractivity contribution in [3.8, 4) is 0 Å². The maximum absolute atomic E-state index is 12.8. The largest absolute Gasteiger partial charge is 0.339 e. The number of carbonyl (C=O) groups is 2. The van der Waals surface area contributed by atoms with Crippen LogP contribution < -0.4 is 4.90 Å². The van der Waals surface area contributed by atoms with Gasteiger partial charge in [0.15, 0.2) is 5.13 Å². The average molecular weight is 347 g/mol. The van der Waals surface area contributed by atoms with E-state index in [2.05, 4.69) is 9.88 Å². The molecule has 0 spiro atoms. The number of anilines is 1. The smallest absolute Gasteiger partial charge is 0.228 e. The quantitative estimate of drug-likeness (QED) is 0.845. The number of carbonyl (C=O) groups excluding carboxylic acids is 2. The van der Waals surface area contributed by atoms with E-state index in [0.29, 0.717) is 24.8 Å². The molecule has 1 aliphatic carbocycles. The van der Waals surface area contributed by atoms with E-state index < -0.39 is 0 Å². The van der Waals surface area contributed by atoms with Gasteiger partial charge in [-0.2, -0.15) is 0 Å². The van der Waals surface area contributed by atoms with Crippen molar-refractivity contribution in [2.45, 2.75) is 63.8 Å². The van der Waals surface area contributed by atoms with Gasteiger partial charge in [0.2, 0.25) is 11.8 Å². The van der Waals surface area contributed by atoms with Crippen LogP contribution in [-0.2, 0) is 16.0 Å². The molecule has 1 saturated carbocycles. The number of aromatic nitrogens is 1. The lowest BCUT2D eigenvalue weighted by molar-refractivity contribution is -0.136. The molecule has 0 radical (unpaired) electrons. The highest BCUT2D eigenvalue weighted by atomic mass is 32.1. The van der Waals surface area contributed by atoms with E-state index in [4.69, 9.17) is 0 Å². The van der Waals surface area contributed by atoms with E-state index in [-0.39, 0.29) is 11.8 Å². The summed E-state index contributed by atoms with van der Waals surface area (Å²) in [6, 6.07) is 0.457. The lowest BCUT2D eigenvalue weighted by atomic mass is 9.78. The van der Waals surface area contributed by atoms with Gasteiger partial charge in [0, 0.05) is 30.9 Å². The number of likely N-dealkylation sites (tertiary alicyclic amines) is 1. The van der Waals surface area contributed by atoms with Crippen molar-refractivity contribution in [2.24, 2.45) is 5.92 Å². The second-order valence-corrected chi connectivity index (χ2v) is 8.12. The number of thiazole rings is 1. The Morgan fingerprint density at radius 2 is 2.00 bits per heavy atom. The molecule has 0 N–H and O–H groups in total. The zero-order valence-corrected chi connectivity index (χ0v) is 14.9. The van der Waals surface area contributed by atoms with Crippen LogP contribution >= 0.6 is 11.3 Å². The first-order valence-electron chi connectivity index (χ1n) is 9.26. The standard InChI is InChI=1S/C18H25N3O2S/c22-16-8-4-10-21(16)18-19-14(12-24-18)11-17(23)20-9-3-6-13-5-1-2-7-15(13)20/h12-13,15H,1-11H2. The summed E-state index contributed by atoms with van der Waals surface area (Å²) in [5.41, 5.74) is 0.817. The minimum Gasteiger partial charge on any atom is -0.339 e. The Morgan fingerprint density at radius 3 is 2.83 bits per heavy atom. The van der Waals surface area contributed by atoms with Gasteiger partial charge in [0.05, 0.1) is 12.1 Å². The summed E-state index contributed by atoms with van der Waals surface area (Å²) in [6.07, 6.45) is 9.35. The van der Waals surface area contributed by atoms with Gasteiger partial charge in [-0.25, -0.2) is 4.98 Å². The van der Waals surface area contributed by atoms with Gasteiger partial charge in [-0.05, 0) is 38.0 Å². The number of rotatable bonds is 3. The first-order valence-corrected chi connectivity index (χ1v) is 10.1. The Balaban J connectivity index is 1.42. The molecule has 4 rings (SSSR count). The summed E-state index contributed by atoms with van der Waals surface area (Å²) in [6.45, 7) is 1.66. The third-order valence-electron chi connectivity index (χ3n) is 5.74. The number of hydrogen-bond donors (Lipinski definition) is 0. The van der Waals surface area contributed by atoms with Crippen molar-refractivity contribution in [1.82, 2.24) is 9.88 Å². The van der Waals surface area contributed by atoms with Crippen molar-refractivity contribution in [3.63, 3.8) is 0 Å². The van der Waals surface area contributed by atoms with E-state index in [9.17, 15) is 9.59 Å². The molecule has 2 amide bonds. The number of nitrogens with zero attached hydrogens (tertiary/aromatic N) is 3. The van der Waals surface area contributed by atoms with Crippen LogP contribution in [0.15, 0.2) is 5.38 Å². The average Bonchev–Trinajstić information content (AvgIpc) is 3.23. The molecule has 0 bridgehead atoms. The van der Waals surface area contributed by atoms with Crippen molar-refractivity contribution in [2.75, 3.05) is 18.0 Å². The molecule has 0 aromatic carbocycles. The summed E-state index contributed by atoms with van der Waals surface area (Å²) in [5, 5.41) is 2.70. The molecule has 5 nitrogen and oxygen atoms in total. The summed E-state index contributed by atoms with van der Waals surface area (Å²) in [7, 11) is 0. The highest BCUT2D eigenvalue weighted by Gasteiger charge is 2.35. The highest BCUT2D eigenvalue weighted by Crippen LogP contribution is 2.35. The van der Waals surface area contributed by atoms with Gasteiger partial charge in [-0.3, -0.25) is 14.5 Å². The first-order chi connectivity index (χ1) is 11.7. The van der Waals surface area contributed by atoms with Crippen LogP contribution in [0, 0.1) is 5.92 Å². The summed E-state index contributed by atoms with van der Waals surface area (Å²) < 4.78 is 0. The van der Waals surface area contributed by atoms with Crippen LogP contribution in [0.4, 0.5) is 5.13 Å². The molecule has 2 unspecified atom stereocenters. The Labute approximate surface area is 147 Å².